The predicted octanol–water partition coefficient (Wildman–Crippen LogP) is 0.376. The molecular formula is C5H8N2O. The molecule has 8 heavy (non-hydrogen) atoms. The third-order valence-electron chi connectivity index (χ3n) is 0.867. The minimum absolute atomic E-state index is 0.0273. The SMILES string of the molecule is OCNc1ccc[nH]1. The van der Waals surface area contributed by atoms with Crippen molar-refractivity contribution in [2.24, 2.45) is 0 Å². The van der Waals surface area contributed by atoms with Gasteiger partial charge in [0.1, 0.15) is 12.5 Å². The largest absolute Gasteiger partial charge is 0.377 e. The lowest BCUT2D eigenvalue weighted by atomic mass is 10.6. The molecule has 0 saturated heterocycles. The first-order chi connectivity index (χ1) is 3.93. The highest BCUT2D eigenvalue weighted by molar-refractivity contribution is 5.33. The lowest BCUT2D eigenvalue weighted by molar-refractivity contribution is 0.325. The third-order valence-corrected chi connectivity index (χ3v) is 0.867. The van der Waals surface area contributed by atoms with Crippen LogP contribution < -0.4 is 5.32 Å². The van der Waals surface area contributed by atoms with Crippen molar-refractivity contribution in [2.45, 2.75) is 0 Å². The number of aliphatic hydroxyl groups excluding tert-OH is 1. The van der Waals surface area contributed by atoms with Crippen molar-refractivity contribution < 1.29 is 5.11 Å². The Hall–Kier alpha value is -0.960. The zero-order chi connectivity index (χ0) is 5.82. The lowest BCUT2D eigenvalue weighted by Gasteiger charge is -1.93. The van der Waals surface area contributed by atoms with Crippen LogP contribution in [0, 0.1) is 0 Å². The Bertz CT molecular complexity index is 136. The molecule has 0 aliphatic rings. The molecular weight excluding hydrogens is 104 g/mol. The minimum atomic E-state index is -0.0273. The highest BCUT2D eigenvalue weighted by Gasteiger charge is 1.83. The van der Waals surface area contributed by atoms with E-state index in [0.29, 0.717) is 0 Å². The molecule has 1 aromatic heterocycles. The van der Waals surface area contributed by atoms with E-state index in [4.69, 9.17) is 5.11 Å². The molecule has 0 atom stereocenters. The topological polar surface area (TPSA) is 48.0 Å². The summed E-state index contributed by atoms with van der Waals surface area (Å²) < 4.78 is 0. The first kappa shape index (κ1) is 5.18. The number of anilines is 1. The van der Waals surface area contributed by atoms with E-state index in [-0.39, 0.29) is 6.73 Å². The molecule has 1 rings (SSSR count). The normalized spacial score (nSPS) is 9.12. The van der Waals surface area contributed by atoms with Gasteiger partial charge in [0.2, 0.25) is 0 Å². The van der Waals surface area contributed by atoms with Crippen LogP contribution >= 0.6 is 0 Å². The van der Waals surface area contributed by atoms with Crippen molar-refractivity contribution in [3.05, 3.63) is 18.3 Å². The molecule has 0 spiro atoms. The molecule has 1 aromatic rings. The molecule has 0 unspecified atom stereocenters. The molecule has 3 nitrogen and oxygen atoms in total. The van der Waals surface area contributed by atoms with Gasteiger partial charge in [-0.1, -0.05) is 0 Å². The molecule has 0 saturated carbocycles. The first-order valence-electron chi connectivity index (χ1n) is 2.41. The molecule has 44 valence electrons. The second-order valence-corrected chi connectivity index (χ2v) is 1.42. The number of hydrogen-bond acceptors (Lipinski definition) is 2. The maximum Gasteiger partial charge on any atom is 0.114 e. The van der Waals surface area contributed by atoms with Crippen molar-refractivity contribution in [2.75, 3.05) is 12.0 Å². The minimum Gasteiger partial charge on any atom is -0.377 e. The molecule has 0 aliphatic heterocycles. The Labute approximate surface area is 47.3 Å². The smallest absolute Gasteiger partial charge is 0.114 e. The second kappa shape index (κ2) is 2.37. The van der Waals surface area contributed by atoms with E-state index in [9.17, 15) is 0 Å². The van der Waals surface area contributed by atoms with Crippen LogP contribution in [0.25, 0.3) is 0 Å². The Morgan fingerprint density at radius 1 is 1.75 bits per heavy atom. The molecule has 0 radical (unpaired) electrons. The number of aromatic amines is 1. The van der Waals surface area contributed by atoms with Crippen LogP contribution in [0.2, 0.25) is 0 Å². The van der Waals surface area contributed by atoms with Gasteiger partial charge >= 0.3 is 0 Å². The lowest BCUT2D eigenvalue weighted by Crippen LogP contribution is -1.98. The molecule has 0 bridgehead atoms. The fourth-order valence-corrected chi connectivity index (χ4v) is 0.525. The van der Waals surface area contributed by atoms with Crippen molar-refractivity contribution in [3.8, 4) is 0 Å². The Morgan fingerprint density at radius 3 is 3.12 bits per heavy atom. The summed E-state index contributed by atoms with van der Waals surface area (Å²) in [5.41, 5.74) is 0. The van der Waals surface area contributed by atoms with Gasteiger partial charge in [0, 0.05) is 6.20 Å². The number of nitrogens with one attached hydrogen (secondary N) is 2. The van der Waals surface area contributed by atoms with E-state index in [2.05, 4.69) is 10.3 Å². The van der Waals surface area contributed by atoms with Crippen LogP contribution in [0.4, 0.5) is 5.82 Å². The van der Waals surface area contributed by atoms with E-state index in [1.165, 1.54) is 0 Å². The molecule has 0 amide bonds. The van der Waals surface area contributed by atoms with Gasteiger partial charge in [0.25, 0.3) is 0 Å². The van der Waals surface area contributed by atoms with E-state index in [1.54, 1.807) is 6.20 Å². The van der Waals surface area contributed by atoms with Gasteiger partial charge < -0.3 is 15.4 Å². The van der Waals surface area contributed by atoms with Gasteiger partial charge in [0.05, 0.1) is 0 Å². The van der Waals surface area contributed by atoms with Gasteiger partial charge in [0.15, 0.2) is 0 Å². The summed E-state index contributed by atoms with van der Waals surface area (Å²) in [6.45, 7) is -0.0273. The summed E-state index contributed by atoms with van der Waals surface area (Å²) in [6, 6.07) is 3.70. The molecule has 1 heterocycles. The van der Waals surface area contributed by atoms with Gasteiger partial charge in [-0.05, 0) is 12.1 Å². The van der Waals surface area contributed by atoms with E-state index in [0.717, 1.165) is 5.82 Å². The van der Waals surface area contributed by atoms with Crippen LogP contribution in [0.3, 0.4) is 0 Å². The Balaban J connectivity index is 2.50. The van der Waals surface area contributed by atoms with Gasteiger partial charge in [-0.25, -0.2) is 0 Å². The Kier molecular flexibility index (Phi) is 1.54. The molecule has 3 heteroatoms. The van der Waals surface area contributed by atoms with Gasteiger partial charge in [-0.15, -0.1) is 0 Å². The number of aliphatic hydroxyl groups is 1. The average Bonchev–Trinajstić information content (AvgIpc) is 2.19. The summed E-state index contributed by atoms with van der Waals surface area (Å²) in [5.74, 6) is 0.840. The number of H-pyrrole nitrogens is 1. The van der Waals surface area contributed by atoms with Crippen LogP contribution in [-0.4, -0.2) is 16.8 Å². The fourth-order valence-electron chi connectivity index (χ4n) is 0.525. The zero-order valence-electron chi connectivity index (χ0n) is 4.39. The van der Waals surface area contributed by atoms with Crippen LogP contribution in [0.15, 0.2) is 18.3 Å². The fraction of sp³-hybridized carbons (Fsp3) is 0.200. The monoisotopic (exact) mass is 112 g/mol. The maximum absolute atomic E-state index is 8.31. The standard InChI is InChI=1S/C5H8N2O/c8-4-7-5-2-1-3-6-5/h1-3,6-8H,4H2. The van der Waals surface area contributed by atoms with Gasteiger partial charge in [-0.2, -0.15) is 0 Å². The maximum atomic E-state index is 8.31. The van der Waals surface area contributed by atoms with Crippen LogP contribution in [0.1, 0.15) is 0 Å². The van der Waals surface area contributed by atoms with Crippen molar-refractivity contribution >= 4 is 5.82 Å². The highest BCUT2D eigenvalue weighted by atomic mass is 16.3. The van der Waals surface area contributed by atoms with Crippen molar-refractivity contribution in [3.63, 3.8) is 0 Å². The Morgan fingerprint density at radius 2 is 2.62 bits per heavy atom. The number of hydrogen-bond donors (Lipinski definition) is 3. The first-order valence-corrected chi connectivity index (χ1v) is 2.41. The summed E-state index contributed by atoms with van der Waals surface area (Å²) in [7, 11) is 0. The van der Waals surface area contributed by atoms with Crippen LogP contribution in [0.5, 0.6) is 0 Å². The number of aromatic nitrogens is 1. The molecule has 0 aliphatic carbocycles. The average molecular weight is 112 g/mol. The highest BCUT2D eigenvalue weighted by Crippen LogP contribution is 1.97. The zero-order valence-corrected chi connectivity index (χ0v) is 4.39. The van der Waals surface area contributed by atoms with E-state index >= 15 is 0 Å². The molecule has 0 aromatic carbocycles. The number of rotatable bonds is 2. The summed E-state index contributed by atoms with van der Waals surface area (Å²) in [6.07, 6.45) is 1.79. The van der Waals surface area contributed by atoms with Crippen LogP contribution in [-0.2, 0) is 0 Å². The van der Waals surface area contributed by atoms with Crippen molar-refractivity contribution in [1.82, 2.24) is 4.98 Å². The molecule has 3 N–H and O–H groups in total. The van der Waals surface area contributed by atoms with E-state index < -0.39 is 0 Å². The summed E-state index contributed by atoms with van der Waals surface area (Å²) in [5, 5.41) is 11.0. The summed E-state index contributed by atoms with van der Waals surface area (Å²) >= 11 is 0. The quantitative estimate of drug-likeness (QED) is 0.484. The molecule has 0 fully saturated rings. The predicted molar refractivity (Wildman–Crippen MR) is 31.5 cm³/mol. The van der Waals surface area contributed by atoms with E-state index in [1.807, 2.05) is 12.1 Å². The second-order valence-electron chi connectivity index (χ2n) is 1.42. The van der Waals surface area contributed by atoms with Crippen molar-refractivity contribution in [1.29, 1.82) is 0 Å². The third kappa shape index (κ3) is 1.01. The summed E-state index contributed by atoms with van der Waals surface area (Å²) in [4.78, 5) is 2.87. The van der Waals surface area contributed by atoms with Gasteiger partial charge in [-0.3, -0.25) is 0 Å².